The number of rotatable bonds is 5. The molecule has 2 aromatic carbocycles. The van der Waals surface area contributed by atoms with Crippen LogP contribution in [0.1, 0.15) is 5.69 Å². The molecule has 5 heteroatoms. The fourth-order valence-corrected chi connectivity index (χ4v) is 2.83. The second-order valence-corrected chi connectivity index (χ2v) is 5.64. The summed E-state index contributed by atoms with van der Waals surface area (Å²) in [7, 11) is 0. The maximum Gasteiger partial charge on any atom is 0.309 e. The van der Waals surface area contributed by atoms with Crippen LogP contribution in [0.5, 0.6) is 0 Å². The molecule has 0 aliphatic heterocycles. The molecule has 0 aliphatic carbocycles. The third kappa shape index (κ3) is 3.51. The minimum absolute atomic E-state index is 0.0505. The molecule has 1 heterocycles. The number of thiazole rings is 1. The fourth-order valence-electron chi connectivity index (χ4n) is 2.10. The summed E-state index contributed by atoms with van der Waals surface area (Å²) in [5, 5.41) is 14.4. The number of carboxylic acids is 1. The van der Waals surface area contributed by atoms with Crippen molar-refractivity contribution >= 4 is 28.1 Å². The number of hydrogen-bond acceptors (Lipinski definition) is 4. The Morgan fingerprint density at radius 2 is 1.73 bits per heavy atom. The molecule has 4 nitrogen and oxygen atoms in total. The smallest absolute Gasteiger partial charge is 0.309 e. The molecular formula is C17H14N2O2S. The van der Waals surface area contributed by atoms with E-state index in [-0.39, 0.29) is 6.42 Å². The predicted molar refractivity (Wildman–Crippen MR) is 88.6 cm³/mol. The van der Waals surface area contributed by atoms with E-state index in [0.717, 1.165) is 11.3 Å². The molecule has 0 amide bonds. The Morgan fingerprint density at radius 1 is 1.05 bits per heavy atom. The molecule has 0 radical (unpaired) electrons. The van der Waals surface area contributed by atoms with Gasteiger partial charge in [0.25, 0.3) is 0 Å². The van der Waals surface area contributed by atoms with Gasteiger partial charge in [0.1, 0.15) is 0 Å². The Balaban J connectivity index is 1.71. The van der Waals surface area contributed by atoms with Crippen molar-refractivity contribution in [3.63, 3.8) is 0 Å². The molecule has 0 aliphatic rings. The zero-order valence-corrected chi connectivity index (χ0v) is 12.5. The van der Waals surface area contributed by atoms with Crippen molar-refractivity contribution in [2.24, 2.45) is 0 Å². The van der Waals surface area contributed by atoms with Crippen LogP contribution in [0.15, 0.2) is 60.0 Å². The van der Waals surface area contributed by atoms with E-state index in [1.165, 1.54) is 16.9 Å². The van der Waals surface area contributed by atoms with Gasteiger partial charge in [-0.05, 0) is 23.3 Å². The highest BCUT2D eigenvalue weighted by Crippen LogP contribution is 2.24. The van der Waals surface area contributed by atoms with Gasteiger partial charge in [0.05, 0.1) is 12.1 Å². The highest BCUT2D eigenvalue weighted by Gasteiger charge is 2.06. The van der Waals surface area contributed by atoms with Gasteiger partial charge in [-0.1, -0.05) is 42.5 Å². The fraction of sp³-hybridized carbons (Fsp3) is 0.0588. The second kappa shape index (κ2) is 6.41. The second-order valence-electron chi connectivity index (χ2n) is 4.78. The van der Waals surface area contributed by atoms with Crippen molar-refractivity contribution in [1.29, 1.82) is 0 Å². The molecule has 0 fully saturated rings. The van der Waals surface area contributed by atoms with Crippen molar-refractivity contribution < 1.29 is 9.90 Å². The van der Waals surface area contributed by atoms with Crippen LogP contribution >= 0.6 is 11.3 Å². The lowest BCUT2D eigenvalue weighted by Gasteiger charge is -2.05. The lowest BCUT2D eigenvalue weighted by Crippen LogP contribution is -2.00. The largest absolute Gasteiger partial charge is 0.481 e. The highest BCUT2D eigenvalue weighted by atomic mass is 32.1. The first kappa shape index (κ1) is 14.3. The van der Waals surface area contributed by atoms with Crippen molar-refractivity contribution in [2.45, 2.75) is 6.42 Å². The first-order valence-electron chi connectivity index (χ1n) is 6.79. The summed E-state index contributed by atoms with van der Waals surface area (Å²) in [6, 6.07) is 18.2. The maximum atomic E-state index is 10.7. The van der Waals surface area contributed by atoms with Gasteiger partial charge < -0.3 is 10.4 Å². The van der Waals surface area contributed by atoms with Crippen LogP contribution in [-0.4, -0.2) is 16.1 Å². The van der Waals surface area contributed by atoms with Crippen LogP contribution in [0.2, 0.25) is 0 Å². The van der Waals surface area contributed by atoms with Crippen LogP contribution in [0, 0.1) is 0 Å². The minimum atomic E-state index is -0.871. The molecule has 0 bridgehead atoms. The number of nitrogens with zero attached hydrogens (tertiary/aromatic N) is 1. The Morgan fingerprint density at radius 3 is 2.41 bits per heavy atom. The van der Waals surface area contributed by atoms with E-state index < -0.39 is 5.97 Å². The molecule has 0 spiro atoms. The summed E-state index contributed by atoms with van der Waals surface area (Å²) in [5.74, 6) is -0.871. The average molecular weight is 310 g/mol. The van der Waals surface area contributed by atoms with E-state index in [4.69, 9.17) is 5.11 Å². The monoisotopic (exact) mass is 310 g/mol. The standard InChI is InChI=1S/C17H14N2O2S/c20-16(21)10-15-11-22-17(19-15)18-14-8-6-13(7-9-14)12-4-2-1-3-5-12/h1-9,11H,10H2,(H,18,19)(H,20,21). The highest BCUT2D eigenvalue weighted by molar-refractivity contribution is 7.13. The van der Waals surface area contributed by atoms with Gasteiger partial charge in [-0.25, -0.2) is 4.98 Å². The van der Waals surface area contributed by atoms with E-state index in [1.54, 1.807) is 5.38 Å². The topological polar surface area (TPSA) is 62.2 Å². The molecule has 3 aromatic rings. The summed E-state index contributed by atoms with van der Waals surface area (Å²) in [6.07, 6.45) is -0.0505. The van der Waals surface area contributed by atoms with Crippen LogP contribution in [0.25, 0.3) is 11.1 Å². The summed E-state index contributed by atoms with van der Waals surface area (Å²) in [5.41, 5.74) is 3.82. The molecular weight excluding hydrogens is 296 g/mol. The molecule has 0 unspecified atom stereocenters. The van der Waals surface area contributed by atoms with Gasteiger partial charge in [-0.3, -0.25) is 4.79 Å². The lowest BCUT2D eigenvalue weighted by molar-refractivity contribution is -0.136. The van der Waals surface area contributed by atoms with Crippen molar-refractivity contribution in [3.05, 3.63) is 65.7 Å². The third-order valence-electron chi connectivity index (χ3n) is 3.13. The number of carboxylic acid groups (broad SMARTS) is 1. The van der Waals surface area contributed by atoms with Crippen LogP contribution in [0.4, 0.5) is 10.8 Å². The number of anilines is 2. The van der Waals surface area contributed by atoms with Crippen molar-refractivity contribution in [1.82, 2.24) is 4.98 Å². The average Bonchev–Trinajstić information content (AvgIpc) is 2.95. The molecule has 0 saturated carbocycles. The van der Waals surface area contributed by atoms with Crippen molar-refractivity contribution in [2.75, 3.05) is 5.32 Å². The number of nitrogens with one attached hydrogen (secondary N) is 1. The summed E-state index contributed by atoms with van der Waals surface area (Å²) in [4.78, 5) is 14.9. The van der Waals surface area contributed by atoms with Crippen LogP contribution < -0.4 is 5.32 Å². The summed E-state index contributed by atoms with van der Waals surface area (Å²) in [6.45, 7) is 0. The third-order valence-corrected chi connectivity index (χ3v) is 3.93. The number of benzene rings is 2. The Labute approximate surface area is 132 Å². The SMILES string of the molecule is O=C(O)Cc1csc(Nc2ccc(-c3ccccc3)cc2)n1. The van der Waals surface area contributed by atoms with Gasteiger partial charge in [0.15, 0.2) is 5.13 Å². The zero-order valence-electron chi connectivity index (χ0n) is 11.7. The van der Waals surface area contributed by atoms with E-state index in [1.807, 2.05) is 42.5 Å². The minimum Gasteiger partial charge on any atom is -0.481 e. The molecule has 3 rings (SSSR count). The van der Waals surface area contributed by atoms with Crippen LogP contribution in [0.3, 0.4) is 0 Å². The van der Waals surface area contributed by atoms with Gasteiger partial charge in [-0.15, -0.1) is 11.3 Å². The summed E-state index contributed by atoms with van der Waals surface area (Å²) < 4.78 is 0. The molecule has 0 saturated heterocycles. The number of aliphatic carboxylic acids is 1. The number of aromatic nitrogens is 1. The molecule has 22 heavy (non-hydrogen) atoms. The first-order chi connectivity index (χ1) is 10.7. The predicted octanol–water partition coefficient (Wildman–Crippen LogP) is 4.18. The first-order valence-corrected chi connectivity index (χ1v) is 7.67. The summed E-state index contributed by atoms with van der Waals surface area (Å²) >= 11 is 1.40. The van der Waals surface area contributed by atoms with Gasteiger partial charge >= 0.3 is 5.97 Å². The van der Waals surface area contributed by atoms with Crippen LogP contribution in [-0.2, 0) is 11.2 Å². The van der Waals surface area contributed by atoms with Gasteiger partial charge in [0.2, 0.25) is 0 Å². The number of carbonyl (C=O) groups is 1. The Kier molecular flexibility index (Phi) is 4.16. The van der Waals surface area contributed by atoms with Gasteiger partial charge in [0, 0.05) is 11.1 Å². The molecule has 1 aromatic heterocycles. The van der Waals surface area contributed by atoms with E-state index in [9.17, 15) is 4.79 Å². The van der Waals surface area contributed by atoms with E-state index in [2.05, 4.69) is 22.4 Å². The number of hydrogen-bond donors (Lipinski definition) is 2. The zero-order chi connectivity index (χ0) is 15.4. The van der Waals surface area contributed by atoms with Crippen molar-refractivity contribution in [3.8, 4) is 11.1 Å². The molecule has 0 atom stereocenters. The van der Waals surface area contributed by atoms with Gasteiger partial charge in [-0.2, -0.15) is 0 Å². The Hall–Kier alpha value is -2.66. The molecule has 2 N–H and O–H groups in total. The Bertz CT molecular complexity index is 767. The normalized spacial score (nSPS) is 10.4. The van der Waals surface area contributed by atoms with E-state index >= 15 is 0 Å². The quantitative estimate of drug-likeness (QED) is 0.742. The maximum absolute atomic E-state index is 10.7. The molecule has 110 valence electrons. The van der Waals surface area contributed by atoms with E-state index in [0.29, 0.717) is 10.8 Å². The lowest BCUT2D eigenvalue weighted by atomic mass is 10.1.